The molecule has 0 aromatic carbocycles. The van der Waals surface area contributed by atoms with Gasteiger partial charge >= 0.3 is 6.16 Å². The SMILES string of the molecule is O=C(O)OCC1C2CCCC3C(CC2)C13. The second kappa shape index (κ2) is 3.39. The Hall–Kier alpha value is -0.730. The van der Waals surface area contributed by atoms with Gasteiger partial charge in [-0.3, -0.25) is 0 Å². The van der Waals surface area contributed by atoms with E-state index >= 15 is 0 Å². The zero-order valence-corrected chi connectivity index (χ0v) is 8.89. The maximum absolute atomic E-state index is 10.4. The topological polar surface area (TPSA) is 46.5 Å². The standard InChI is InChI=1S/C12H18O3/c13-12(14)15-6-10-7-2-1-3-8-9(5-4-7)11(8)10/h7-11H,1-6H2,(H,13,14). The van der Waals surface area contributed by atoms with Crippen molar-refractivity contribution >= 4 is 6.16 Å². The molecule has 0 saturated heterocycles. The molecule has 0 aromatic rings. The van der Waals surface area contributed by atoms with Crippen LogP contribution in [0.4, 0.5) is 4.79 Å². The first-order valence-corrected chi connectivity index (χ1v) is 6.13. The van der Waals surface area contributed by atoms with Crippen LogP contribution in [0.15, 0.2) is 0 Å². The van der Waals surface area contributed by atoms with Crippen LogP contribution in [0.3, 0.4) is 0 Å². The second-order valence-electron chi connectivity index (χ2n) is 5.41. The van der Waals surface area contributed by atoms with Crippen molar-refractivity contribution in [2.45, 2.75) is 32.1 Å². The first kappa shape index (κ1) is 9.49. The van der Waals surface area contributed by atoms with E-state index in [0.717, 1.165) is 23.7 Å². The smallest absolute Gasteiger partial charge is 0.450 e. The van der Waals surface area contributed by atoms with E-state index in [-0.39, 0.29) is 0 Å². The summed E-state index contributed by atoms with van der Waals surface area (Å²) in [5.74, 6) is 3.94. The number of rotatable bonds is 2. The van der Waals surface area contributed by atoms with Crippen molar-refractivity contribution in [3.8, 4) is 0 Å². The molecule has 0 aromatic heterocycles. The molecule has 15 heavy (non-hydrogen) atoms. The van der Waals surface area contributed by atoms with Crippen LogP contribution in [0, 0.1) is 29.6 Å². The summed E-state index contributed by atoms with van der Waals surface area (Å²) >= 11 is 0. The molecule has 3 rings (SSSR count). The Morgan fingerprint density at radius 2 is 2.00 bits per heavy atom. The molecule has 0 heterocycles. The van der Waals surface area contributed by atoms with E-state index in [2.05, 4.69) is 0 Å². The monoisotopic (exact) mass is 210 g/mol. The number of carbonyl (C=O) groups is 1. The molecule has 3 aliphatic rings. The highest BCUT2D eigenvalue weighted by Gasteiger charge is 2.58. The van der Waals surface area contributed by atoms with E-state index in [1.807, 2.05) is 0 Å². The third-order valence-corrected chi connectivity index (χ3v) is 4.88. The minimum absolute atomic E-state index is 0.456. The first-order valence-electron chi connectivity index (χ1n) is 6.13. The molecular formula is C12H18O3. The Bertz CT molecular complexity index is 272. The van der Waals surface area contributed by atoms with Gasteiger partial charge in [0.2, 0.25) is 0 Å². The molecule has 3 nitrogen and oxygen atoms in total. The summed E-state index contributed by atoms with van der Waals surface area (Å²) in [6.07, 6.45) is 5.64. The Morgan fingerprint density at radius 1 is 1.20 bits per heavy atom. The van der Waals surface area contributed by atoms with Crippen LogP contribution in [-0.2, 0) is 4.74 Å². The van der Waals surface area contributed by atoms with Crippen molar-refractivity contribution < 1.29 is 14.6 Å². The van der Waals surface area contributed by atoms with Gasteiger partial charge in [-0.05, 0) is 48.9 Å². The number of ether oxygens (including phenoxy) is 1. The normalized spacial score (nSPS) is 46.8. The van der Waals surface area contributed by atoms with Crippen molar-refractivity contribution in [3.05, 3.63) is 0 Å². The van der Waals surface area contributed by atoms with E-state index in [4.69, 9.17) is 9.84 Å². The Morgan fingerprint density at radius 3 is 2.80 bits per heavy atom. The summed E-state index contributed by atoms with van der Waals surface area (Å²) in [6, 6.07) is 0. The Labute approximate surface area is 89.8 Å². The molecule has 3 fully saturated rings. The largest absolute Gasteiger partial charge is 0.505 e. The van der Waals surface area contributed by atoms with Gasteiger partial charge in [0.1, 0.15) is 0 Å². The van der Waals surface area contributed by atoms with Gasteiger partial charge in [-0.1, -0.05) is 12.8 Å². The lowest BCUT2D eigenvalue weighted by molar-refractivity contribution is 0.0500. The highest BCUT2D eigenvalue weighted by atomic mass is 16.7. The summed E-state index contributed by atoms with van der Waals surface area (Å²) in [4.78, 5) is 10.4. The van der Waals surface area contributed by atoms with Crippen molar-refractivity contribution in [3.63, 3.8) is 0 Å². The van der Waals surface area contributed by atoms with Crippen LogP contribution in [0.2, 0.25) is 0 Å². The zero-order valence-electron chi connectivity index (χ0n) is 8.89. The van der Waals surface area contributed by atoms with Crippen LogP contribution < -0.4 is 0 Å². The zero-order chi connectivity index (χ0) is 10.4. The van der Waals surface area contributed by atoms with Crippen molar-refractivity contribution in [2.75, 3.05) is 6.61 Å². The summed E-state index contributed by atoms with van der Waals surface area (Å²) < 4.78 is 4.80. The summed E-state index contributed by atoms with van der Waals surface area (Å²) in [6.45, 7) is 0.456. The molecule has 0 radical (unpaired) electrons. The minimum Gasteiger partial charge on any atom is -0.450 e. The second-order valence-corrected chi connectivity index (χ2v) is 5.41. The highest BCUT2D eigenvalue weighted by Crippen LogP contribution is 2.64. The van der Waals surface area contributed by atoms with Gasteiger partial charge in [-0.2, -0.15) is 0 Å². The van der Waals surface area contributed by atoms with Crippen LogP contribution in [0.25, 0.3) is 0 Å². The fraction of sp³-hybridized carbons (Fsp3) is 0.917. The average Bonchev–Trinajstić information content (AvgIpc) is 2.86. The number of hydrogen-bond donors (Lipinski definition) is 1. The lowest BCUT2D eigenvalue weighted by atomic mass is 9.77. The number of fused-ring (bicyclic) bond motifs is 2. The minimum atomic E-state index is -1.10. The van der Waals surface area contributed by atoms with Crippen LogP contribution in [0.5, 0.6) is 0 Å². The molecule has 3 saturated carbocycles. The van der Waals surface area contributed by atoms with Gasteiger partial charge in [0, 0.05) is 0 Å². The number of carboxylic acid groups (broad SMARTS) is 1. The van der Waals surface area contributed by atoms with Crippen molar-refractivity contribution in [1.29, 1.82) is 0 Å². The first-order chi connectivity index (χ1) is 7.27. The van der Waals surface area contributed by atoms with E-state index < -0.39 is 6.16 Å². The van der Waals surface area contributed by atoms with Gasteiger partial charge in [0.15, 0.2) is 0 Å². The van der Waals surface area contributed by atoms with Gasteiger partial charge in [-0.25, -0.2) is 4.79 Å². The molecule has 0 spiro atoms. The van der Waals surface area contributed by atoms with Gasteiger partial charge in [-0.15, -0.1) is 0 Å². The van der Waals surface area contributed by atoms with Crippen molar-refractivity contribution in [1.82, 2.24) is 0 Å². The lowest BCUT2D eigenvalue weighted by Crippen LogP contribution is -2.27. The molecular weight excluding hydrogens is 192 g/mol. The summed E-state index contributed by atoms with van der Waals surface area (Å²) in [5.41, 5.74) is 0. The summed E-state index contributed by atoms with van der Waals surface area (Å²) in [7, 11) is 0. The van der Waals surface area contributed by atoms with E-state index in [1.54, 1.807) is 0 Å². The fourth-order valence-electron chi connectivity index (χ4n) is 4.25. The average molecular weight is 210 g/mol. The van der Waals surface area contributed by atoms with Crippen LogP contribution in [0.1, 0.15) is 32.1 Å². The molecule has 1 N–H and O–H groups in total. The van der Waals surface area contributed by atoms with E-state index in [0.29, 0.717) is 12.5 Å². The van der Waals surface area contributed by atoms with Crippen LogP contribution in [-0.4, -0.2) is 17.9 Å². The van der Waals surface area contributed by atoms with Crippen LogP contribution >= 0.6 is 0 Å². The third-order valence-electron chi connectivity index (χ3n) is 4.88. The third kappa shape index (κ3) is 1.52. The highest BCUT2D eigenvalue weighted by molar-refractivity contribution is 5.56. The Balaban J connectivity index is 1.69. The maximum atomic E-state index is 10.4. The molecule has 3 heteroatoms. The van der Waals surface area contributed by atoms with E-state index in [9.17, 15) is 4.79 Å². The molecule has 84 valence electrons. The number of hydrogen-bond acceptors (Lipinski definition) is 2. The maximum Gasteiger partial charge on any atom is 0.505 e. The van der Waals surface area contributed by atoms with E-state index in [1.165, 1.54) is 32.1 Å². The lowest BCUT2D eigenvalue weighted by Gasteiger charge is -2.30. The molecule has 5 atom stereocenters. The molecule has 2 bridgehead atoms. The predicted molar refractivity (Wildman–Crippen MR) is 54.5 cm³/mol. The Kier molecular flexibility index (Phi) is 2.15. The fourth-order valence-corrected chi connectivity index (χ4v) is 4.25. The van der Waals surface area contributed by atoms with Gasteiger partial charge in [0.05, 0.1) is 6.61 Å². The predicted octanol–water partition coefficient (Wildman–Crippen LogP) is 2.75. The van der Waals surface area contributed by atoms with Crippen molar-refractivity contribution in [2.24, 2.45) is 29.6 Å². The quantitative estimate of drug-likeness (QED) is 0.713. The molecule has 0 amide bonds. The summed E-state index contributed by atoms with van der Waals surface area (Å²) in [5, 5.41) is 8.56. The molecule has 5 unspecified atom stereocenters. The molecule has 0 aliphatic heterocycles. The van der Waals surface area contributed by atoms with Gasteiger partial charge in [0.25, 0.3) is 0 Å². The molecule has 3 aliphatic carbocycles. The van der Waals surface area contributed by atoms with Gasteiger partial charge < -0.3 is 9.84 Å².